The lowest BCUT2D eigenvalue weighted by Crippen LogP contribution is -2.03. The number of fused-ring (bicyclic) bond motifs is 1. The SMILES string of the molecule is CC=CCn1c(C)c(C)c2cnnc(OCc3ccccc3)c21. The molecule has 23 heavy (non-hydrogen) atoms. The number of hydrogen-bond donors (Lipinski definition) is 0. The normalized spacial score (nSPS) is 11.4. The van der Waals surface area contributed by atoms with Gasteiger partial charge in [0.05, 0.1) is 6.20 Å². The van der Waals surface area contributed by atoms with Crippen molar-refractivity contribution in [2.24, 2.45) is 0 Å². The molecule has 0 N–H and O–H groups in total. The van der Waals surface area contributed by atoms with Gasteiger partial charge in [0.1, 0.15) is 12.1 Å². The molecule has 3 rings (SSSR count). The third kappa shape index (κ3) is 2.97. The van der Waals surface area contributed by atoms with E-state index in [0.717, 1.165) is 23.0 Å². The Balaban J connectivity index is 2.01. The van der Waals surface area contributed by atoms with Crippen molar-refractivity contribution >= 4 is 10.9 Å². The van der Waals surface area contributed by atoms with E-state index in [1.54, 1.807) is 0 Å². The van der Waals surface area contributed by atoms with Crippen LogP contribution in [0.3, 0.4) is 0 Å². The van der Waals surface area contributed by atoms with Crippen LogP contribution in [0.5, 0.6) is 5.88 Å². The van der Waals surface area contributed by atoms with Gasteiger partial charge in [-0.05, 0) is 31.9 Å². The number of rotatable bonds is 5. The van der Waals surface area contributed by atoms with Crippen LogP contribution < -0.4 is 4.74 Å². The summed E-state index contributed by atoms with van der Waals surface area (Å²) in [6.07, 6.45) is 6.01. The van der Waals surface area contributed by atoms with Crippen LogP contribution in [0, 0.1) is 13.8 Å². The Morgan fingerprint density at radius 2 is 1.96 bits per heavy atom. The van der Waals surface area contributed by atoms with Gasteiger partial charge >= 0.3 is 0 Å². The van der Waals surface area contributed by atoms with Crippen molar-refractivity contribution in [2.75, 3.05) is 0 Å². The molecule has 0 unspecified atom stereocenters. The molecule has 0 bridgehead atoms. The van der Waals surface area contributed by atoms with Gasteiger partial charge in [0.2, 0.25) is 0 Å². The molecule has 0 fully saturated rings. The van der Waals surface area contributed by atoms with Gasteiger partial charge in [-0.3, -0.25) is 0 Å². The summed E-state index contributed by atoms with van der Waals surface area (Å²) >= 11 is 0. The van der Waals surface area contributed by atoms with Crippen LogP contribution >= 0.6 is 0 Å². The first-order chi connectivity index (χ1) is 11.2. The molecular weight excluding hydrogens is 286 g/mol. The average molecular weight is 307 g/mol. The van der Waals surface area contributed by atoms with Crippen LogP contribution in [0.4, 0.5) is 0 Å². The van der Waals surface area contributed by atoms with E-state index in [1.807, 2.05) is 43.5 Å². The minimum Gasteiger partial charge on any atom is -0.470 e. The van der Waals surface area contributed by atoms with Gasteiger partial charge in [0.25, 0.3) is 5.88 Å². The van der Waals surface area contributed by atoms with Crippen LogP contribution in [-0.2, 0) is 13.2 Å². The Morgan fingerprint density at radius 1 is 1.17 bits per heavy atom. The first kappa shape index (κ1) is 15.3. The molecule has 118 valence electrons. The van der Waals surface area contributed by atoms with Crippen molar-refractivity contribution in [2.45, 2.75) is 33.9 Å². The van der Waals surface area contributed by atoms with Crippen molar-refractivity contribution in [3.05, 3.63) is 65.5 Å². The van der Waals surface area contributed by atoms with Crippen LogP contribution in [0.15, 0.2) is 48.7 Å². The van der Waals surface area contributed by atoms with Gasteiger partial charge in [-0.1, -0.05) is 42.5 Å². The first-order valence-corrected chi connectivity index (χ1v) is 7.81. The van der Waals surface area contributed by atoms with Crippen molar-refractivity contribution in [1.29, 1.82) is 0 Å². The molecular formula is C19H21N3O. The molecule has 0 aliphatic heterocycles. The molecule has 0 atom stereocenters. The van der Waals surface area contributed by atoms with Crippen LogP contribution in [0.2, 0.25) is 0 Å². The highest BCUT2D eigenvalue weighted by molar-refractivity contribution is 5.88. The number of nitrogens with zero attached hydrogens (tertiary/aromatic N) is 3. The molecule has 0 aliphatic rings. The molecule has 4 nitrogen and oxygen atoms in total. The zero-order chi connectivity index (χ0) is 16.2. The van der Waals surface area contributed by atoms with Gasteiger partial charge in [-0.25, -0.2) is 0 Å². The molecule has 3 aromatic rings. The van der Waals surface area contributed by atoms with Gasteiger partial charge in [0, 0.05) is 17.6 Å². The maximum Gasteiger partial charge on any atom is 0.258 e. The predicted molar refractivity (Wildman–Crippen MR) is 92.6 cm³/mol. The predicted octanol–water partition coefficient (Wildman–Crippen LogP) is 4.20. The minimum absolute atomic E-state index is 0.488. The highest BCUT2D eigenvalue weighted by Crippen LogP contribution is 2.30. The molecule has 2 aromatic heterocycles. The summed E-state index contributed by atoms with van der Waals surface area (Å²) in [5.41, 5.74) is 4.58. The standard InChI is InChI=1S/C19H21N3O/c1-4-5-11-22-15(3)14(2)17-12-20-21-19(18(17)22)23-13-16-9-7-6-8-10-16/h4-10,12H,11,13H2,1-3H3. The van der Waals surface area contributed by atoms with E-state index in [4.69, 9.17) is 4.74 Å². The summed E-state index contributed by atoms with van der Waals surface area (Å²) in [5.74, 6) is 0.590. The third-order valence-electron chi connectivity index (χ3n) is 4.16. The lowest BCUT2D eigenvalue weighted by Gasteiger charge is -2.09. The zero-order valence-corrected chi connectivity index (χ0v) is 13.8. The maximum absolute atomic E-state index is 5.98. The molecule has 2 heterocycles. The van der Waals surface area contributed by atoms with Gasteiger partial charge in [-0.15, -0.1) is 5.10 Å². The van der Waals surface area contributed by atoms with Gasteiger partial charge in [0.15, 0.2) is 0 Å². The van der Waals surface area contributed by atoms with Crippen LogP contribution in [0.1, 0.15) is 23.7 Å². The van der Waals surface area contributed by atoms with Crippen molar-refractivity contribution in [3.63, 3.8) is 0 Å². The summed E-state index contributed by atoms with van der Waals surface area (Å²) in [4.78, 5) is 0. The molecule has 0 spiro atoms. The van der Waals surface area contributed by atoms with E-state index in [1.165, 1.54) is 11.3 Å². The maximum atomic E-state index is 5.98. The number of hydrogen-bond acceptors (Lipinski definition) is 3. The largest absolute Gasteiger partial charge is 0.470 e. The summed E-state index contributed by atoms with van der Waals surface area (Å²) < 4.78 is 8.21. The van der Waals surface area contributed by atoms with Gasteiger partial charge in [-0.2, -0.15) is 5.10 Å². The summed E-state index contributed by atoms with van der Waals surface area (Å²) in [5, 5.41) is 9.44. The first-order valence-electron chi connectivity index (χ1n) is 7.81. The van der Waals surface area contributed by atoms with E-state index < -0.39 is 0 Å². The zero-order valence-electron chi connectivity index (χ0n) is 13.8. The molecule has 0 amide bonds. The Morgan fingerprint density at radius 3 is 2.70 bits per heavy atom. The summed E-state index contributed by atoms with van der Waals surface area (Å²) in [6.45, 7) is 7.56. The fourth-order valence-corrected chi connectivity index (χ4v) is 2.73. The van der Waals surface area contributed by atoms with E-state index in [2.05, 4.69) is 40.8 Å². The Hall–Kier alpha value is -2.62. The summed E-state index contributed by atoms with van der Waals surface area (Å²) in [6, 6.07) is 10.1. The number of benzene rings is 1. The second-order valence-electron chi connectivity index (χ2n) is 5.58. The lowest BCUT2D eigenvalue weighted by molar-refractivity contribution is 0.293. The minimum atomic E-state index is 0.488. The van der Waals surface area contributed by atoms with Crippen LogP contribution in [0.25, 0.3) is 10.9 Å². The smallest absolute Gasteiger partial charge is 0.258 e. The van der Waals surface area contributed by atoms with Gasteiger partial charge < -0.3 is 9.30 Å². The average Bonchev–Trinajstić information content (AvgIpc) is 2.84. The fourth-order valence-electron chi connectivity index (χ4n) is 2.73. The number of allylic oxidation sites excluding steroid dienone is 2. The molecule has 0 saturated heterocycles. The Kier molecular flexibility index (Phi) is 4.42. The monoisotopic (exact) mass is 307 g/mol. The van der Waals surface area contributed by atoms with Crippen molar-refractivity contribution in [3.8, 4) is 5.88 Å². The van der Waals surface area contributed by atoms with Crippen LogP contribution in [-0.4, -0.2) is 14.8 Å². The third-order valence-corrected chi connectivity index (χ3v) is 4.16. The van der Waals surface area contributed by atoms with E-state index in [0.29, 0.717) is 12.5 Å². The molecule has 4 heteroatoms. The second kappa shape index (κ2) is 6.65. The van der Waals surface area contributed by atoms with E-state index in [-0.39, 0.29) is 0 Å². The number of aromatic nitrogens is 3. The quantitative estimate of drug-likeness (QED) is 0.663. The van der Waals surface area contributed by atoms with E-state index in [9.17, 15) is 0 Å². The van der Waals surface area contributed by atoms with Crippen molar-refractivity contribution < 1.29 is 4.74 Å². The lowest BCUT2D eigenvalue weighted by atomic mass is 10.2. The Bertz CT molecular complexity index is 835. The highest BCUT2D eigenvalue weighted by Gasteiger charge is 2.16. The molecule has 1 aromatic carbocycles. The Labute approximate surface area is 136 Å². The number of ether oxygens (including phenoxy) is 1. The number of aryl methyl sites for hydroxylation is 1. The van der Waals surface area contributed by atoms with Crippen molar-refractivity contribution in [1.82, 2.24) is 14.8 Å². The molecule has 0 radical (unpaired) electrons. The topological polar surface area (TPSA) is 39.9 Å². The second-order valence-corrected chi connectivity index (χ2v) is 5.58. The molecule has 0 saturated carbocycles. The summed E-state index contributed by atoms with van der Waals surface area (Å²) in [7, 11) is 0. The molecule has 0 aliphatic carbocycles. The fraction of sp³-hybridized carbons (Fsp3) is 0.263. The van der Waals surface area contributed by atoms with E-state index >= 15 is 0 Å². The highest BCUT2D eigenvalue weighted by atomic mass is 16.5.